The van der Waals surface area contributed by atoms with Crippen molar-refractivity contribution in [3.8, 4) is 0 Å². The molecule has 4 rings (SSSR count). The van der Waals surface area contributed by atoms with Gasteiger partial charge in [0.1, 0.15) is 11.3 Å². The molecule has 5 heteroatoms. The van der Waals surface area contributed by atoms with Crippen molar-refractivity contribution in [2.75, 3.05) is 32.7 Å². The summed E-state index contributed by atoms with van der Waals surface area (Å²) in [4.78, 5) is 16.2. The Labute approximate surface area is 141 Å². The fourth-order valence-electron chi connectivity index (χ4n) is 3.61. The number of carboxylic acid groups (broad SMARTS) is 1. The van der Waals surface area contributed by atoms with Crippen LogP contribution in [0.1, 0.15) is 18.6 Å². The van der Waals surface area contributed by atoms with Crippen LogP contribution in [-0.2, 0) is 11.3 Å². The summed E-state index contributed by atoms with van der Waals surface area (Å²) < 4.78 is 5.91. The Kier molecular flexibility index (Phi) is 4.29. The number of furan rings is 1. The smallest absolute Gasteiger partial charge is 0.309 e. The van der Waals surface area contributed by atoms with Gasteiger partial charge >= 0.3 is 5.97 Å². The van der Waals surface area contributed by atoms with Gasteiger partial charge in [0.2, 0.25) is 0 Å². The number of carbonyl (C=O) groups is 1. The van der Waals surface area contributed by atoms with Gasteiger partial charge in [-0.2, -0.15) is 0 Å². The Morgan fingerprint density at radius 3 is 2.67 bits per heavy atom. The number of hydrogen-bond donors (Lipinski definition) is 1. The molecule has 1 saturated carbocycles. The number of fused-ring (bicyclic) bond motifs is 1. The molecule has 0 bridgehead atoms. The SMILES string of the molecule is O=C(O)C1CN(Cc2cc3ccccc3o2)CCN(CC2CC2)C1. The van der Waals surface area contributed by atoms with E-state index in [0.29, 0.717) is 19.6 Å². The highest BCUT2D eigenvalue weighted by molar-refractivity contribution is 5.77. The average Bonchev–Trinajstić information content (AvgIpc) is 3.31. The number of para-hydroxylation sites is 1. The first kappa shape index (κ1) is 15.7. The molecule has 24 heavy (non-hydrogen) atoms. The third-order valence-electron chi connectivity index (χ3n) is 5.11. The maximum atomic E-state index is 11.6. The molecule has 128 valence electrons. The predicted molar refractivity (Wildman–Crippen MR) is 91.8 cm³/mol. The highest BCUT2D eigenvalue weighted by Gasteiger charge is 2.31. The highest BCUT2D eigenvalue weighted by atomic mass is 16.4. The van der Waals surface area contributed by atoms with Crippen LogP contribution in [0.3, 0.4) is 0 Å². The summed E-state index contributed by atoms with van der Waals surface area (Å²) in [6.45, 7) is 4.84. The van der Waals surface area contributed by atoms with Crippen molar-refractivity contribution in [1.29, 1.82) is 0 Å². The largest absolute Gasteiger partial charge is 0.481 e. The van der Waals surface area contributed by atoms with Gasteiger partial charge in [-0.25, -0.2) is 0 Å². The van der Waals surface area contributed by atoms with Crippen molar-refractivity contribution in [2.24, 2.45) is 11.8 Å². The maximum Gasteiger partial charge on any atom is 0.309 e. The van der Waals surface area contributed by atoms with Crippen molar-refractivity contribution in [3.63, 3.8) is 0 Å². The van der Waals surface area contributed by atoms with Crippen LogP contribution in [-0.4, -0.2) is 53.6 Å². The predicted octanol–water partition coefficient (Wildman–Crippen LogP) is 2.66. The summed E-state index contributed by atoms with van der Waals surface area (Å²) >= 11 is 0. The minimum absolute atomic E-state index is 0.323. The van der Waals surface area contributed by atoms with Gasteiger partial charge in [-0.15, -0.1) is 0 Å². The Hall–Kier alpha value is -1.85. The van der Waals surface area contributed by atoms with E-state index >= 15 is 0 Å². The summed E-state index contributed by atoms with van der Waals surface area (Å²) in [6.07, 6.45) is 2.61. The van der Waals surface area contributed by atoms with Gasteiger partial charge in [0.05, 0.1) is 12.5 Å². The molecule has 1 aromatic heterocycles. The number of nitrogens with zero attached hydrogens (tertiary/aromatic N) is 2. The number of carboxylic acids is 1. The standard InChI is InChI=1S/C19H24N2O3/c22-19(23)16-11-20(10-14-5-6-14)7-8-21(12-16)13-17-9-15-3-1-2-4-18(15)24-17/h1-4,9,14,16H,5-8,10-13H2,(H,22,23). The van der Waals surface area contributed by atoms with Crippen LogP contribution in [0, 0.1) is 11.8 Å². The summed E-state index contributed by atoms with van der Waals surface area (Å²) in [5, 5.41) is 10.7. The Bertz CT molecular complexity index is 689. The molecule has 0 spiro atoms. The first-order valence-corrected chi connectivity index (χ1v) is 8.82. The zero-order valence-corrected chi connectivity index (χ0v) is 13.9. The molecular formula is C19H24N2O3. The second kappa shape index (κ2) is 6.57. The quantitative estimate of drug-likeness (QED) is 0.914. The normalized spacial score (nSPS) is 23.4. The van der Waals surface area contributed by atoms with Crippen LogP contribution in [0.15, 0.2) is 34.7 Å². The third-order valence-corrected chi connectivity index (χ3v) is 5.11. The lowest BCUT2D eigenvalue weighted by atomic mass is 10.1. The third kappa shape index (κ3) is 3.62. The van der Waals surface area contributed by atoms with E-state index in [2.05, 4.69) is 15.9 Å². The van der Waals surface area contributed by atoms with Gasteiger partial charge in [-0.05, 0) is 30.9 Å². The molecule has 0 amide bonds. The van der Waals surface area contributed by atoms with Crippen LogP contribution >= 0.6 is 0 Å². The molecule has 5 nitrogen and oxygen atoms in total. The van der Waals surface area contributed by atoms with Crippen molar-refractivity contribution in [3.05, 3.63) is 36.1 Å². The van der Waals surface area contributed by atoms with Gasteiger partial charge in [-0.3, -0.25) is 9.69 Å². The zero-order valence-electron chi connectivity index (χ0n) is 13.9. The Balaban J connectivity index is 1.45. The molecule has 2 fully saturated rings. The van der Waals surface area contributed by atoms with Crippen LogP contribution in [0.4, 0.5) is 0 Å². The minimum Gasteiger partial charge on any atom is -0.481 e. The van der Waals surface area contributed by atoms with E-state index < -0.39 is 5.97 Å². The van der Waals surface area contributed by atoms with E-state index in [9.17, 15) is 9.90 Å². The van der Waals surface area contributed by atoms with Crippen LogP contribution in [0.25, 0.3) is 11.0 Å². The lowest BCUT2D eigenvalue weighted by Gasteiger charge is -2.21. The molecule has 1 aliphatic heterocycles. The van der Waals surface area contributed by atoms with E-state index in [1.165, 1.54) is 12.8 Å². The summed E-state index contributed by atoms with van der Waals surface area (Å²) in [7, 11) is 0. The van der Waals surface area contributed by atoms with E-state index in [0.717, 1.165) is 42.3 Å². The summed E-state index contributed by atoms with van der Waals surface area (Å²) in [5.74, 6) is 0.695. The molecule has 2 heterocycles. The molecule has 1 aromatic carbocycles. The number of rotatable bonds is 5. The second-order valence-electron chi connectivity index (χ2n) is 7.22. The van der Waals surface area contributed by atoms with Gasteiger partial charge in [-0.1, -0.05) is 18.2 Å². The average molecular weight is 328 g/mol. The lowest BCUT2D eigenvalue weighted by molar-refractivity contribution is -0.142. The summed E-state index contributed by atoms with van der Waals surface area (Å²) in [6, 6.07) is 10.1. The van der Waals surface area contributed by atoms with Crippen molar-refractivity contribution < 1.29 is 14.3 Å². The Morgan fingerprint density at radius 1 is 1.17 bits per heavy atom. The molecular weight excluding hydrogens is 304 g/mol. The van der Waals surface area contributed by atoms with Crippen molar-refractivity contribution >= 4 is 16.9 Å². The topological polar surface area (TPSA) is 56.9 Å². The number of aliphatic carboxylic acids is 1. The molecule has 1 saturated heterocycles. The van der Waals surface area contributed by atoms with E-state index in [4.69, 9.17) is 4.42 Å². The lowest BCUT2D eigenvalue weighted by Crippen LogP contribution is -2.35. The van der Waals surface area contributed by atoms with Crippen LogP contribution in [0.2, 0.25) is 0 Å². The zero-order chi connectivity index (χ0) is 16.5. The first-order chi connectivity index (χ1) is 11.7. The first-order valence-electron chi connectivity index (χ1n) is 8.82. The van der Waals surface area contributed by atoms with E-state index in [1.807, 2.05) is 24.3 Å². The van der Waals surface area contributed by atoms with Gasteiger partial charge in [0.25, 0.3) is 0 Å². The van der Waals surface area contributed by atoms with Crippen LogP contribution in [0.5, 0.6) is 0 Å². The minimum atomic E-state index is -0.688. The monoisotopic (exact) mass is 328 g/mol. The summed E-state index contributed by atoms with van der Waals surface area (Å²) in [5.41, 5.74) is 0.896. The molecule has 2 aromatic rings. The fraction of sp³-hybridized carbons (Fsp3) is 0.526. The Morgan fingerprint density at radius 2 is 1.92 bits per heavy atom. The maximum absolute atomic E-state index is 11.6. The molecule has 0 radical (unpaired) electrons. The highest BCUT2D eigenvalue weighted by Crippen LogP contribution is 2.30. The number of benzene rings is 1. The van der Waals surface area contributed by atoms with E-state index in [1.54, 1.807) is 0 Å². The molecule has 1 aliphatic carbocycles. The van der Waals surface area contributed by atoms with Gasteiger partial charge in [0.15, 0.2) is 0 Å². The van der Waals surface area contributed by atoms with Gasteiger partial charge in [0, 0.05) is 38.1 Å². The molecule has 1 unspecified atom stereocenters. The van der Waals surface area contributed by atoms with Gasteiger partial charge < -0.3 is 14.4 Å². The van der Waals surface area contributed by atoms with E-state index in [-0.39, 0.29) is 5.92 Å². The van der Waals surface area contributed by atoms with Crippen LogP contribution < -0.4 is 0 Å². The van der Waals surface area contributed by atoms with Crippen molar-refractivity contribution in [2.45, 2.75) is 19.4 Å². The fourth-order valence-corrected chi connectivity index (χ4v) is 3.61. The molecule has 2 aliphatic rings. The second-order valence-corrected chi connectivity index (χ2v) is 7.22. The van der Waals surface area contributed by atoms with Crippen molar-refractivity contribution in [1.82, 2.24) is 9.80 Å². The molecule has 1 atom stereocenters. The number of hydrogen-bond acceptors (Lipinski definition) is 4. The molecule has 1 N–H and O–H groups in total.